The zero-order valence-corrected chi connectivity index (χ0v) is 6.47. The summed E-state index contributed by atoms with van der Waals surface area (Å²) in [5.41, 5.74) is 1.34. The van der Waals surface area contributed by atoms with Crippen molar-refractivity contribution in [3.63, 3.8) is 0 Å². The monoisotopic (exact) mass is 183 g/mol. The summed E-state index contributed by atoms with van der Waals surface area (Å²) in [6, 6.07) is 0. The molecule has 11 heavy (non-hydrogen) atoms. The number of amides is 1. The molecule has 3 N–H and O–H groups in total. The molecule has 0 bridgehead atoms. The van der Waals surface area contributed by atoms with Crippen LogP contribution in [-0.4, -0.2) is 29.8 Å². The van der Waals surface area contributed by atoms with Crippen molar-refractivity contribution >= 4 is 16.0 Å². The molecule has 0 heterocycles. The van der Waals surface area contributed by atoms with Gasteiger partial charge in [0.2, 0.25) is 5.91 Å². The van der Waals surface area contributed by atoms with Crippen LogP contribution in [0.2, 0.25) is 0 Å². The van der Waals surface area contributed by atoms with E-state index in [1.54, 1.807) is 0 Å². The van der Waals surface area contributed by atoms with Gasteiger partial charge in [-0.3, -0.25) is 14.6 Å². The van der Waals surface area contributed by atoms with E-state index in [4.69, 9.17) is 9.76 Å². The van der Waals surface area contributed by atoms with E-state index in [2.05, 4.69) is 0 Å². The largest absolute Gasteiger partial charge is 0.289 e. The van der Waals surface area contributed by atoms with Crippen molar-refractivity contribution in [3.8, 4) is 0 Å². The van der Waals surface area contributed by atoms with Gasteiger partial charge in [-0.15, -0.1) is 0 Å². The Balaban J connectivity index is 3.51. The molecule has 0 aliphatic carbocycles. The highest BCUT2D eigenvalue weighted by Gasteiger charge is 2.05. The predicted octanol–water partition coefficient (Wildman–Crippen LogP) is -0.840. The van der Waals surface area contributed by atoms with Crippen LogP contribution in [0, 0.1) is 0 Å². The first-order valence-corrected chi connectivity index (χ1v) is 4.45. The molecular weight excluding hydrogens is 174 g/mol. The molecular formula is C4H9NO5S. The van der Waals surface area contributed by atoms with E-state index in [0.29, 0.717) is 0 Å². The minimum atomic E-state index is -3.99. The quantitative estimate of drug-likeness (QED) is 0.299. The van der Waals surface area contributed by atoms with Crippen molar-refractivity contribution in [1.82, 2.24) is 5.48 Å². The van der Waals surface area contributed by atoms with Gasteiger partial charge in [0.1, 0.15) is 0 Å². The molecule has 0 rings (SSSR count). The van der Waals surface area contributed by atoms with Gasteiger partial charge in [-0.05, 0) is 6.42 Å². The van der Waals surface area contributed by atoms with E-state index in [0.717, 1.165) is 0 Å². The summed E-state index contributed by atoms with van der Waals surface area (Å²) in [7, 11) is -3.99. The number of carbonyl (C=O) groups excluding carboxylic acids is 1. The van der Waals surface area contributed by atoms with Gasteiger partial charge >= 0.3 is 0 Å². The van der Waals surface area contributed by atoms with Crippen LogP contribution in [-0.2, 0) is 14.9 Å². The normalized spacial score (nSPS) is 11.1. The molecule has 0 fully saturated rings. The average Bonchev–Trinajstić information content (AvgIpc) is 1.85. The first-order chi connectivity index (χ1) is 4.95. The van der Waals surface area contributed by atoms with Crippen LogP contribution in [0.15, 0.2) is 0 Å². The van der Waals surface area contributed by atoms with E-state index in [1.807, 2.05) is 0 Å². The molecule has 6 nitrogen and oxygen atoms in total. The number of hydrogen-bond donors (Lipinski definition) is 3. The molecule has 0 spiro atoms. The maximum Gasteiger partial charge on any atom is 0.264 e. The molecule has 0 aromatic heterocycles. The van der Waals surface area contributed by atoms with Gasteiger partial charge in [0.25, 0.3) is 10.1 Å². The maximum atomic E-state index is 10.3. The molecule has 1 amide bonds. The Morgan fingerprint density at radius 3 is 2.36 bits per heavy atom. The Kier molecular flexibility index (Phi) is 4.01. The number of carbonyl (C=O) groups is 1. The lowest BCUT2D eigenvalue weighted by Gasteiger charge is -1.96. The zero-order valence-electron chi connectivity index (χ0n) is 5.65. The minimum absolute atomic E-state index is 0.00870. The molecule has 0 atom stereocenters. The Morgan fingerprint density at radius 1 is 1.45 bits per heavy atom. The van der Waals surface area contributed by atoms with Crippen molar-refractivity contribution in [1.29, 1.82) is 0 Å². The van der Waals surface area contributed by atoms with Gasteiger partial charge in [0.15, 0.2) is 0 Å². The second-order valence-electron chi connectivity index (χ2n) is 1.92. The van der Waals surface area contributed by atoms with E-state index >= 15 is 0 Å². The first kappa shape index (κ1) is 10.3. The minimum Gasteiger partial charge on any atom is -0.289 e. The van der Waals surface area contributed by atoms with Gasteiger partial charge in [0, 0.05) is 6.42 Å². The van der Waals surface area contributed by atoms with Crippen LogP contribution in [0.3, 0.4) is 0 Å². The smallest absolute Gasteiger partial charge is 0.264 e. The Morgan fingerprint density at radius 2 is 2.00 bits per heavy atom. The fourth-order valence-electron chi connectivity index (χ4n) is 0.471. The number of rotatable bonds is 4. The second-order valence-corrected chi connectivity index (χ2v) is 3.50. The molecule has 0 aliphatic heterocycles. The van der Waals surface area contributed by atoms with Gasteiger partial charge in [-0.1, -0.05) is 0 Å². The lowest BCUT2D eigenvalue weighted by molar-refractivity contribution is -0.129. The third-order valence-corrected chi connectivity index (χ3v) is 1.74. The van der Waals surface area contributed by atoms with Crippen LogP contribution in [0.4, 0.5) is 0 Å². The lowest BCUT2D eigenvalue weighted by Crippen LogP contribution is -2.19. The molecule has 0 radical (unpaired) electrons. The fraction of sp³-hybridized carbons (Fsp3) is 0.750. The predicted molar refractivity (Wildman–Crippen MR) is 35.6 cm³/mol. The van der Waals surface area contributed by atoms with Crippen LogP contribution >= 0.6 is 0 Å². The van der Waals surface area contributed by atoms with Crippen molar-refractivity contribution in [2.24, 2.45) is 0 Å². The van der Waals surface area contributed by atoms with Crippen LogP contribution in [0.5, 0.6) is 0 Å². The summed E-state index contributed by atoms with van der Waals surface area (Å²) in [4.78, 5) is 10.3. The Hall–Kier alpha value is -0.660. The summed E-state index contributed by atoms with van der Waals surface area (Å²) in [5.74, 6) is -1.14. The third kappa shape index (κ3) is 7.23. The average molecular weight is 183 g/mol. The topological polar surface area (TPSA) is 104 Å². The molecule has 0 aromatic carbocycles. The third-order valence-electron chi connectivity index (χ3n) is 0.931. The molecule has 0 aliphatic rings. The summed E-state index contributed by atoms with van der Waals surface area (Å²) in [5, 5.41) is 7.95. The Bertz CT molecular complexity index is 221. The maximum absolute atomic E-state index is 10.3. The highest BCUT2D eigenvalue weighted by molar-refractivity contribution is 7.85. The summed E-state index contributed by atoms with van der Waals surface area (Å²) in [6.07, 6.45) is -0.137. The standard InChI is InChI=1S/C4H9NO5S/c6-4(5-7)2-1-3-11(8,9)10/h7H,1-3H2,(H,5,6)(H,8,9,10). The highest BCUT2D eigenvalue weighted by Crippen LogP contribution is 1.92. The van der Waals surface area contributed by atoms with E-state index in [9.17, 15) is 13.2 Å². The van der Waals surface area contributed by atoms with E-state index in [-0.39, 0.29) is 12.8 Å². The van der Waals surface area contributed by atoms with Crippen molar-refractivity contribution < 1.29 is 23.0 Å². The molecule has 0 saturated carbocycles. The molecule has 7 heteroatoms. The fourth-order valence-corrected chi connectivity index (χ4v) is 0.980. The van der Waals surface area contributed by atoms with Crippen molar-refractivity contribution in [2.75, 3.05) is 5.75 Å². The molecule has 0 aromatic rings. The van der Waals surface area contributed by atoms with E-state index in [1.165, 1.54) is 5.48 Å². The van der Waals surface area contributed by atoms with Gasteiger partial charge in [-0.2, -0.15) is 8.42 Å². The molecule has 66 valence electrons. The van der Waals surface area contributed by atoms with Gasteiger partial charge < -0.3 is 0 Å². The highest BCUT2D eigenvalue weighted by atomic mass is 32.2. The van der Waals surface area contributed by atoms with Crippen molar-refractivity contribution in [3.05, 3.63) is 0 Å². The lowest BCUT2D eigenvalue weighted by atomic mass is 10.3. The summed E-state index contributed by atoms with van der Waals surface area (Å²) >= 11 is 0. The van der Waals surface area contributed by atoms with Crippen molar-refractivity contribution in [2.45, 2.75) is 12.8 Å². The second kappa shape index (κ2) is 4.27. The summed E-state index contributed by atoms with van der Waals surface area (Å²) in [6.45, 7) is 0. The van der Waals surface area contributed by atoms with Crippen LogP contribution in [0.1, 0.15) is 12.8 Å². The number of hydroxylamine groups is 1. The number of hydrogen-bond acceptors (Lipinski definition) is 4. The number of nitrogens with one attached hydrogen (secondary N) is 1. The van der Waals surface area contributed by atoms with Crippen LogP contribution in [0.25, 0.3) is 0 Å². The molecule has 0 unspecified atom stereocenters. The SMILES string of the molecule is O=C(CCCS(=O)(=O)O)NO. The molecule has 0 saturated heterocycles. The zero-order chi connectivity index (χ0) is 8.91. The van der Waals surface area contributed by atoms with Gasteiger partial charge in [-0.25, -0.2) is 5.48 Å². The first-order valence-electron chi connectivity index (χ1n) is 2.84. The van der Waals surface area contributed by atoms with Crippen LogP contribution < -0.4 is 5.48 Å². The van der Waals surface area contributed by atoms with Gasteiger partial charge in [0.05, 0.1) is 5.75 Å². The van der Waals surface area contributed by atoms with E-state index < -0.39 is 21.8 Å². The Labute approximate surface area is 63.9 Å². The summed E-state index contributed by atoms with van der Waals surface area (Å²) < 4.78 is 28.3.